The minimum absolute atomic E-state index is 0.228. The van der Waals surface area contributed by atoms with E-state index in [2.05, 4.69) is 53.9 Å². The van der Waals surface area contributed by atoms with E-state index in [1.807, 2.05) is 6.07 Å². The topological polar surface area (TPSA) is 49.4 Å². The average molecular weight is 437 g/mol. The van der Waals surface area contributed by atoms with Gasteiger partial charge in [0.25, 0.3) is 0 Å². The highest BCUT2D eigenvalue weighted by Gasteiger charge is 2.22. The Kier molecular flexibility index (Phi) is 7.10. The number of methoxy groups -OCH3 is 1. The zero-order valence-corrected chi connectivity index (χ0v) is 19.2. The van der Waals surface area contributed by atoms with Gasteiger partial charge in [0.15, 0.2) is 0 Å². The lowest BCUT2D eigenvalue weighted by molar-refractivity contribution is 0.323. The van der Waals surface area contributed by atoms with Gasteiger partial charge in [-0.05, 0) is 62.4 Å². The van der Waals surface area contributed by atoms with Crippen LogP contribution < -0.4 is 20.3 Å². The van der Waals surface area contributed by atoms with Gasteiger partial charge in [0.05, 0.1) is 12.6 Å². The highest BCUT2D eigenvalue weighted by Crippen LogP contribution is 2.30. The Morgan fingerprint density at radius 3 is 2.59 bits per heavy atom. The van der Waals surface area contributed by atoms with E-state index in [9.17, 15) is 4.39 Å². The van der Waals surface area contributed by atoms with Gasteiger partial charge in [-0.15, -0.1) is 0 Å². The molecule has 0 saturated heterocycles. The Balaban J connectivity index is 1.30. The molecule has 6 heteroatoms. The fourth-order valence-electron chi connectivity index (χ4n) is 4.62. The number of aromatic nitrogens is 1. The molecule has 1 aromatic heterocycles. The normalized spacial score (nSPS) is 18.5. The third-order valence-electron chi connectivity index (χ3n) is 6.37. The summed E-state index contributed by atoms with van der Waals surface area (Å²) in [4.78, 5) is 6.99. The molecule has 2 N–H and O–H groups in total. The summed E-state index contributed by atoms with van der Waals surface area (Å²) in [5.74, 6) is 2.09. The highest BCUT2D eigenvalue weighted by molar-refractivity contribution is 5.93. The summed E-state index contributed by atoms with van der Waals surface area (Å²) in [5, 5.41) is 8.34. The number of nitrogens with zero attached hydrogens (tertiary/aromatic N) is 2. The largest absolute Gasteiger partial charge is 0.496 e. The molecule has 0 aliphatic heterocycles. The minimum Gasteiger partial charge on any atom is -0.496 e. The SMILES string of the molecule is COc1ccc(F)cc1CNCC1CCC(Nc2cc(N(C)C)c3ccccc3n2)CC1. The smallest absolute Gasteiger partial charge is 0.128 e. The van der Waals surface area contributed by atoms with Gasteiger partial charge in [-0.1, -0.05) is 18.2 Å². The second kappa shape index (κ2) is 10.2. The van der Waals surface area contributed by atoms with Gasteiger partial charge in [-0.25, -0.2) is 9.37 Å². The lowest BCUT2D eigenvalue weighted by Crippen LogP contribution is -2.31. The first-order chi connectivity index (χ1) is 15.5. The first-order valence-electron chi connectivity index (χ1n) is 11.4. The second-order valence-corrected chi connectivity index (χ2v) is 8.89. The molecule has 0 spiro atoms. The molecular weight excluding hydrogens is 403 g/mol. The Labute approximate surface area is 190 Å². The van der Waals surface area contributed by atoms with Crippen LogP contribution in [0.4, 0.5) is 15.9 Å². The van der Waals surface area contributed by atoms with Gasteiger partial charge < -0.3 is 20.3 Å². The minimum atomic E-state index is -0.228. The van der Waals surface area contributed by atoms with Crippen molar-refractivity contribution in [2.24, 2.45) is 5.92 Å². The predicted molar refractivity (Wildman–Crippen MR) is 130 cm³/mol. The number of fused-ring (bicyclic) bond motifs is 1. The van der Waals surface area contributed by atoms with E-state index in [1.54, 1.807) is 19.2 Å². The van der Waals surface area contributed by atoms with E-state index in [-0.39, 0.29) is 5.82 Å². The molecule has 3 aromatic rings. The lowest BCUT2D eigenvalue weighted by atomic mass is 9.86. The first-order valence-corrected chi connectivity index (χ1v) is 11.4. The van der Waals surface area contributed by atoms with Crippen molar-refractivity contribution in [1.82, 2.24) is 10.3 Å². The maximum absolute atomic E-state index is 13.5. The molecule has 0 radical (unpaired) electrons. The standard InChI is InChI=1S/C26H33FN4O/c1-31(2)24-15-26(30-23-7-5-4-6-22(23)24)29-21-11-8-18(9-12-21)16-28-17-19-14-20(27)10-13-25(19)32-3/h4-7,10,13-15,18,21,28H,8-9,11-12,16-17H2,1-3H3,(H,29,30). The molecule has 2 aromatic carbocycles. The van der Waals surface area contributed by atoms with Crippen molar-refractivity contribution >= 4 is 22.4 Å². The summed E-state index contributed by atoms with van der Waals surface area (Å²) in [7, 11) is 5.77. The van der Waals surface area contributed by atoms with Gasteiger partial charge in [0.2, 0.25) is 0 Å². The van der Waals surface area contributed by atoms with Gasteiger partial charge in [0.1, 0.15) is 17.4 Å². The number of anilines is 2. The van der Waals surface area contributed by atoms with Crippen LogP contribution in [0.5, 0.6) is 5.75 Å². The third-order valence-corrected chi connectivity index (χ3v) is 6.37. The van der Waals surface area contributed by atoms with E-state index in [1.165, 1.54) is 30.0 Å². The molecule has 1 heterocycles. The number of hydrogen-bond acceptors (Lipinski definition) is 5. The van der Waals surface area contributed by atoms with E-state index >= 15 is 0 Å². The van der Waals surface area contributed by atoms with Crippen molar-refractivity contribution in [3.63, 3.8) is 0 Å². The maximum atomic E-state index is 13.5. The number of benzene rings is 2. The van der Waals surface area contributed by atoms with Crippen molar-refractivity contribution in [2.45, 2.75) is 38.3 Å². The van der Waals surface area contributed by atoms with Gasteiger partial charge >= 0.3 is 0 Å². The molecule has 0 bridgehead atoms. The fourth-order valence-corrected chi connectivity index (χ4v) is 4.62. The number of para-hydroxylation sites is 1. The van der Waals surface area contributed by atoms with Crippen LogP contribution in [0, 0.1) is 11.7 Å². The Bertz CT molecular complexity index is 1050. The first kappa shape index (κ1) is 22.3. The molecule has 1 aliphatic carbocycles. The van der Waals surface area contributed by atoms with Crippen LogP contribution in [0.2, 0.25) is 0 Å². The highest BCUT2D eigenvalue weighted by atomic mass is 19.1. The van der Waals surface area contributed by atoms with Crippen molar-refractivity contribution < 1.29 is 9.13 Å². The van der Waals surface area contributed by atoms with Crippen LogP contribution in [-0.4, -0.2) is 38.8 Å². The van der Waals surface area contributed by atoms with Gasteiger partial charge in [-0.3, -0.25) is 0 Å². The predicted octanol–water partition coefficient (Wildman–Crippen LogP) is 5.21. The summed E-state index contributed by atoms with van der Waals surface area (Å²) in [6.07, 6.45) is 4.58. The molecule has 0 unspecified atom stereocenters. The van der Waals surface area contributed by atoms with Gasteiger partial charge in [0, 0.05) is 49.4 Å². The number of rotatable bonds is 8. The van der Waals surface area contributed by atoms with Crippen molar-refractivity contribution in [3.05, 3.63) is 59.9 Å². The van der Waals surface area contributed by atoms with Crippen LogP contribution in [0.3, 0.4) is 0 Å². The third kappa shape index (κ3) is 5.30. The number of ether oxygens (including phenoxy) is 1. The molecule has 5 nitrogen and oxygen atoms in total. The monoisotopic (exact) mass is 436 g/mol. The molecule has 0 amide bonds. The zero-order valence-electron chi connectivity index (χ0n) is 19.2. The van der Waals surface area contributed by atoms with Gasteiger partial charge in [-0.2, -0.15) is 0 Å². The number of nitrogens with one attached hydrogen (secondary N) is 2. The van der Waals surface area contributed by atoms with Crippen LogP contribution in [0.15, 0.2) is 48.5 Å². The lowest BCUT2D eigenvalue weighted by Gasteiger charge is -2.30. The van der Waals surface area contributed by atoms with Crippen molar-refractivity contribution in [2.75, 3.05) is 38.0 Å². The molecule has 32 heavy (non-hydrogen) atoms. The maximum Gasteiger partial charge on any atom is 0.128 e. The number of hydrogen-bond donors (Lipinski definition) is 2. The Hall–Kier alpha value is -2.86. The summed E-state index contributed by atoms with van der Waals surface area (Å²) >= 11 is 0. The molecule has 0 atom stereocenters. The molecule has 170 valence electrons. The Morgan fingerprint density at radius 2 is 1.84 bits per heavy atom. The number of pyridine rings is 1. The van der Waals surface area contributed by atoms with Crippen LogP contribution >= 0.6 is 0 Å². The fraction of sp³-hybridized carbons (Fsp3) is 0.423. The zero-order chi connectivity index (χ0) is 22.5. The van der Waals surface area contributed by atoms with Crippen LogP contribution in [0.1, 0.15) is 31.2 Å². The van der Waals surface area contributed by atoms with E-state index in [0.29, 0.717) is 18.5 Å². The van der Waals surface area contributed by atoms with Crippen molar-refractivity contribution in [3.8, 4) is 5.75 Å². The molecule has 1 aliphatic rings. The molecule has 4 rings (SSSR count). The van der Waals surface area contributed by atoms with E-state index in [0.717, 1.165) is 42.0 Å². The summed E-state index contributed by atoms with van der Waals surface area (Å²) in [6.45, 7) is 1.55. The second-order valence-electron chi connectivity index (χ2n) is 8.89. The molecule has 1 fully saturated rings. The van der Waals surface area contributed by atoms with E-state index < -0.39 is 0 Å². The quantitative estimate of drug-likeness (QED) is 0.508. The molecular formula is C26H33FN4O. The number of halogens is 1. The summed E-state index contributed by atoms with van der Waals surface area (Å²) < 4.78 is 18.9. The average Bonchev–Trinajstić information content (AvgIpc) is 2.80. The summed E-state index contributed by atoms with van der Waals surface area (Å²) in [6, 6.07) is 15.6. The van der Waals surface area contributed by atoms with E-state index in [4.69, 9.17) is 9.72 Å². The van der Waals surface area contributed by atoms with Crippen LogP contribution in [-0.2, 0) is 6.54 Å². The van der Waals surface area contributed by atoms with Crippen LogP contribution in [0.25, 0.3) is 10.9 Å². The van der Waals surface area contributed by atoms with Crippen molar-refractivity contribution in [1.29, 1.82) is 0 Å². The molecule has 1 saturated carbocycles. The summed E-state index contributed by atoms with van der Waals surface area (Å²) in [5.41, 5.74) is 3.07. The Morgan fingerprint density at radius 1 is 1.06 bits per heavy atom.